The lowest BCUT2D eigenvalue weighted by Gasteiger charge is -2.21. The predicted octanol–water partition coefficient (Wildman–Crippen LogP) is 11.7. The highest BCUT2D eigenvalue weighted by Crippen LogP contribution is 2.45. The fourth-order valence-electron chi connectivity index (χ4n) is 7.27. The van der Waals surface area contributed by atoms with Gasteiger partial charge in [0.25, 0.3) is 0 Å². The van der Waals surface area contributed by atoms with Gasteiger partial charge in [0.1, 0.15) is 6.10 Å². The number of aliphatic hydroxyl groups is 1. The molecular formula is C43H83NO5. The largest absolute Gasteiger partial charge is 0.466 e. The van der Waals surface area contributed by atoms with Gasteiger partial charge in [0, 0.05) is 19.4 Å². The summed E-state index contributed by atoms with van der Waals surface area (Å²) in [5, 5.41) is 9.53. The molecule has 0 bridgehead atoms. The Morgan fingerprint density at radius 3 is 1.69 bits per heavy atom. The second kappa shape index (κ2) is 34.0. The molecule has 1 fully saturated rings. The molecule has 1 aliphatic rings. The lowest BCUT2D eigenvalue weighted by Crippen LogP contribution is -2.29. The first-order valence-corrected chi connectivity index (χ1v) is 21.7. The van der Waals surface area contributed by atoms with Crippen LogP contribution in [0.1, 0.15) is 213 Å². The second-order valence-corrected chi connectivity index (χ2v) is 15.4. The minimum Gasteiger partial charge on any atom is -0.466 e. The lowest BCUT2D eigenvalue weighted by molar-refractivity contribution is -0.150. The summed E-state index contributed by atoms with van der Waals surface area (Å²) < 4.78 is 11.5. The van der Waals surface area contributed by atoms with Crippen LogP contribution in [0.2, 0.25) is 0 Å². The van der Waals surface area contributed by atoms with Gasteiger partial charge < -0.3 is 19.5 Å². The number of carbonyl (C=O) groups is 2. The zero-order valence-electron chi connectivity index (χ0n) is 33.0. The van der Waals surface area contributed by atoms with Crippen molar-refractivity contribution in [2.45, 2.75) is 219 Å². The van der Waals surface area contributed by atoms with Crippen LogP contribution in [0.3, 0.4) is 0 Å². The van der Waals surface area contributed by atoms with E-state index < -0.39 is 0 Å². The van der Waals surface area contributed by atoms with Gasteiger partial charge in [0.05, 0.1) is 13.2 Å². The van der Waals surface area contributed by atoms with Crippen molar-refractivity contribution in [1.82, 2.24) is 4.90 Å². The summed E-state index contributed by atoms with van der Waals surface area (Å²) in [4.78, 5) is 27.2. The number of unbranched alkanes of at least 4 members (excludes halogenated alkanes) is 18. The second-order valence-electron chi connectivity index (χ2n) is 15.4. The first-order chi connectivity index (χ1) is 24.0. The van der Waals surface area contributed by atoms with Crippen LogP contribution >= 0.6 is 0 Å². The number of esters is 2. The van der Waals surface area contributed by atoms with Crippen LogP contribution in [0.5, 0.6) is 0 Å². The molecule has 1 rings (SSSR count). The summed E-state index contributed by atoms with van der Waals surface area (Å²) in [6.45, 7) is 10.1. The van der Waals surface area contributed by atoms with Crippen LogP contribution in [-0.4, -0.2) is 60.9 Å². The van der Waals surface area contributed by atoms with Crippen LogP contribution < -0.4 is 0 Å². The molecule has 0 heterocycles. The van der Waals surface area contributed by atoms with Crippen molar-refractivity contribution in [3.8, 4) is 0 Å². The van der Waals surface area contributed by atoms with Crippen LogP contribution in [-0.2, 0) is 19.1 Å². The standard InChI is InChI=1S/C43H83NO5/c1-4-7-10-13-16-21-28-41(29-22-17-14-11-8-5-2)49-43(47)30-23-18-15-19-24-33-44(35-36-45)34-25-26-37-48-42(46)32-31-40-38-39(40)27-20-12-9-6-3/h39-41,45H,4-38H2,1-3H3. The van der Waals surface area contributed by atoms with Gasteiger partial charge in [-0.2, -0.15) is 0 Å². The van der Waals surface area contributed by atoms with E-state index in [1.54, 1.807) is 0 Å². The van der Waals surface area contributed by atoms with Crippen LogP contribution in [0, 0.1) is 11.8 Å². The number of hydrogen-bond acceptors (Lipinski definition) is 6. The lowest BCUT2D eigenvalue weighted by atomic mass is 10.0. The molecular weight excluding hydrogens is 610 g/mol. The SMILES string of the molecule is CCCCCCCCC(CCCCCCCC)OC(=O)CCCCCCCN(CCO)CCCCOC(=O)CCC1CC1CCCCCC. The van der Waals surface area contributed by atoms with Crippen molar-refractivity contribution in [3.63, 3.8) is 0 Å². The van der Waals surface area contributed by atoms with Crippen LogP contribution in [0.15, 0.2) is 0 Å². The van der Waals surface area contributed by atoms with Crippen LogP contribution in [0.25, 0.3) is 0 Å². The van der Waals surface area contributed by atoms with Gasteiger partial charge in [-0.05, 0) is 89.1 Å². The molecule has 0 aromatic rings. The Hall–Kier alpha value is -1.14. The van der Waals surface area contributed by atoms with Gasteiger partial charge >= 0.3 is 11.9 Å². The molecule has 0 aromatic carbocycles. The number of carbonyl (C=O) groups excluding carboxylic acids is 2. The molecule has 290 valence electrons. The maximum Gasteiger partial charge on any atom is 0.306 e. The van der Waals surface area contributed by atoms with Gasteiger partial charge in [-0.25, -0.2) is 0 Å². The minimum absolute atomic E-state index is 0.00601. The molecule has 0 amide bonds. The van der Waals surface area contributed by atoms with E-state index in [-0.39, 0.29) is 24.6 Å². The van der Waals surface area contributed by atoms with Crippen LogP contribution in [0.4, 0.5) is 0 Å². The normalized spacial score (nSPS) is 15.7. The Kier molecular flexibility index (Phi) is 31.8. The van der Waals surface area contributed by atoms with Crippen molar-refractivity contribution in [2.75, 3.05) is 32.8 Å². The van der Waals surface area contributed by atoms with E-state index in [4.69, 9.17) is 9.47 Å². The monoisotopic (exact) mass is 694 g/mol. The number of aliphatic hydroxyl groups excluding tert-OH is 1. The third-order valence-corrected chi connectivity index (χ3v) is 10.7. The molecule has 1 N–H and O–H groups in total. The topological polar surface area (TPSA) is 76.1 Å². The molecule has 6 nitrogen and oxygen atoms in total. The Morgan fingerprint density at radius 2 is 1.08 bits per heavy atom. The Morgan fingerprint density at radius 1 is 0.571 bits per heavy atom. The van der Waals surface area contributed by atoms with Gasteiger partial charge in [0.2, 0.25) is 0 Å². The number of ether oxygens (including phenoxy) is 2. The highest BCUT2D eigenvalue weighted by Gasteiger charge is 2.36. The average Bonchev–Trinajstić information content (AvgIpc) is 3.86. The van der Waals surface area contributed by atoms with E-state index in [9.17, 15) is 14.7 Å². The molecule has 6 heteroatoms. The molecule has 0 radical (unpaired) electrons. The quantitative estimate of drug-likeness (QED) is 0.0512. The molecule has 0 aliphatic heterocycles. The third-order valence-electron chi connectivity index (χ3n) is 10.7. The van der Waals surface area contributed by atoms with E-state index in [0.717, 1.165) is 89.1 Å². The molecule has 2 unspecified atom stereocenters. The summed E-state index contributed by atoms with van der Waals surface area (Å²) >= 11 is 0. The Labute approximate surface area is 304 Å². The van der Waals surface area contributed by atoms with Crippen molar-refractivity contribution < 1.29 is 24.2 Å². The molecule has 0 aromatic heterocycles. The van der Waals surface area contributed by atoms with E-state index in [0.29, 0.717) is 26.0 Å². The van der Waals surface area contributed by atoms with E-state index in [2.05, 4.69) is 25.7 Å². The highest BCUT2D eigenvalue weighted by molar-refractivity contribution is 5.69. The zero-order valence-corrected chi connectivity index (χ0v) is 33.0. The van der Waals surface area contributed by atoms with Gasteiger partial charge in [-0.1, -0.05) is 136 Å². The minimum atomic E-state index is -0.0294. The fraction of sp³-hybridized carbons (Fsp3) is 0.953. The molecule has 1 saturated carbocycles. The van der Waals surface area contributed by atoms with Crippen molar-refractivity contribution >= 4 is 11.9 Å². The first-order valence-electron chi connectivity index (χ1n) is 21.7. The molecule has 0 saturated heterocycles. The summed E-state index contributed by atoms with van der Waals surface area (Å²) in [7, 11) is 0. The van der Waals surface area contributed by atoms with Crippen molar-refractivity contribution in [2.24, 2.45) is 11.8 Å². The molecule has 1 aliphatic carbocycles. The fourth-order valence-corrected chi connectivity index (χ4v) is 7.27. The first kappa shape index (κ1) is 45.9. The van der Waals surface area contributed by atoms with E-state index in [1.165, 1.54) is 116 Å². The molecule has 0 spiro atoms. The Bertz CT molecular complexity index is 730. The van der Waals surface area contributed by atoms with Crippen molar-refractivity contribution in [1.29, 1.82) is 0 Å². The van der Waals surface area contributed by atoms with E-state index >= 15 is 0 Å². The third kappa shape index (κ3) is 29.2. The molecule has 49 heavy (non-hydrogen) atoms. The van der Waals surface area contributed by atoms with Gasteiger partial charge in [-0.15, -0.1) is 0 Å². The van der Waals surface area contributed by atoms with Crippen molar-refractivity contribution in [3.05, 3.63) is 0 Å². The van der Waals surface area contributed by atoms with E-state index in [1.807, 2.05) is 0 Å². The summed E-state index contributed by atoms with van der Waals surface area (Å²) in [5.41, 5.74) is 0. The number of hydrogen-bond donors (Lipinski definition) is 1. The summed E-state index contributed by atoms with van der Waals surface area (Å²) in [6, 6.07) is 0. The zero-order chi connectivity index (χ0) is 35.6. The predicted molar refractivity (Wildman–Crippen MR) is 207 cm³/mol. The summed E-state index contributed by atoms with van der Waals surface area (Å²) in [5.74, 6) is 1.60. The number of nitrogens with zero attached hydrogens (tertiary/aromatic N) is 1. The molecule has 2 atom stereocenters. The number of rotatable bonds is 38. The maximum absolute atomic E-state index is 12.7. The highest BCUT2D eigenvalue weighted by atomic mass is 16.5. The van der Waals surface area contributed by atoms with Gasteiger partial charge in [0.15, 0.2) is 0 Å². The summed E-state index contributed by atoms with van der Waals surface area (Å²) in [6.07, 6.45) is 34.9. The average molecular weight is 694 g/mol. The maximum atomic E-state index is 12.7. The smallest absolute Gasteiger partial charge is 0.306 e. The Balaban J connectivity index is 2.10. The van der Waals surface area contributed by atoms with Gasteiger partial charge in [-0.3, -0.25) is 9.59 Å².